The molecule has 1 aromatic carbocycles. The van der Waals surface area contributed by atoms with Crippen molar-refractivity contribution in [1.29, 1.82) is 0 Å². The number of ether oxygens (including phenoxy) is 4. The molecule has 1 unspecified atom stereocenters. The number of methoxy groups -OCH3 is 3. The van der Waals surface area contributed by atoms with E-state index in [0.717, 1.165) is 12.8 Å². The molecule has 0 aliphatic heterocycles. The lowest BCUT2D eigenvalue weighted by molar-refractivity contribution is 0.0597. The van der Waals surface area contributed by atoms with Crippen molar-refractivity contribution in [2.24, 2.45) is 0 Å². The van der Waals surface area contributed by atoms with Crippen molar-refractivity contribution < 1.29 is 23.7 Å². The molecule has 0 spiro atoms. The Morgan fingerprint density at radius 1 is 1.25 bits per heavy atom. The molecule has 5 nitrogen and oxygen atoms in total. The van der Waals surface area contributed by atoms with E-state index in [-0.39, 0.29) is 6.10 Å². The summed E-state index contributed by atoms with van der Waals surface area (Å²) in [5.74, 6) is 0.682. The van der Waals surface area contributed by atoms with Crippen LogP contribution in [0.1, 0.15) is 30.1 Å². The summed E-state index contributed by atoms with van der Waals surface area (Å²) in [5.41, 5.74) is 0.385. The highest BCUT2D eigenvalue weighted by Crippen LogP contribution is 2.25. The fraction of sp³-hybridized carbons (Fsp3) is 0.533. The Balaban J connectivity index is 2.57. The van der Waals surface area contributed by atoms with Gasteiger partial charge in [0.1, 0.15) is 17.1 Å². The molecule has 0 saturated carbocycles. The van der Waals surface area contributed by atoms with Crippen LogP contribution in [0.25, 0.3) is 0 Å². The van der Waals surface area contributed by atoms with Crippen LogP contribution in [0.3, 0.4) is 0 Å². The van der Waals surface area contributed by atoms with E-state index >= 15 is 0 Å². The second-order valence-electron chi connectivity index (χ2n) is 4.39. The van der Waals surface area contributed by atoms with Crippen LogP contribution in [-0.2, 0) is 9.47 Å². The van der Waals surface area contributed by atoms with E-state index < -0.39 is 5.97 Å². The zero-order chi connectivity index (χ0) is 15.0. The highest BCUT2D eigenvalue weighted by molar-refractivity contribution is 5.92. The van der Waals surface area contributed by atoms with E-state index in [9.17, 15) is 4.79 Å². The normalized spacial score (nSPS) is 11.8. The largest absolute Gasteiger partial charge is 0.496 e. The minimum atomic E-state index is -0.428. The van der Waals surface area contributed by atoms with E-state index in [4.69, 9.17) is 14.2 Å². The van der Waals surface area contributed by atoms with Crippen molar-refractivity contribution in [3.05, 3.63) is 23.8 Å². The monoisotopic (exact) mass is 282 g/mol. The van der Waals surface area contributed by atoms with Gasteiger partial charge in [0.2, 0.25) is 0 Å². The number of hydrogen-bond acceptors (Lipinski definition) is 5. The maximum atomic E-state index is 11.5. The lowest BCUT2D eigenvalue weighted by Gasteiger charge is -2.12. The van der Waals surface area contributed by atoms with Crippen LogP contribution in [0, 0.1) is 0 Å². The lowest BCUT2D eigenvalue weighted by Crippen LogP contribution is -2.08. The first-order chi connectivity index (χ1) is 9.62. The molecule has 0 aliphatic carbocycles. The zero-order valence-corrected chi connectivity index (χ0v) is 12.5. The van der Waals surface area contributed by atoms with Crippen LogP contribution in [-0.4, -0.2) is 40.0 Å². The predicted molar refractivity (Wildman–Crippen MR) is 75.5 cm³/mol. The fourth-order valence-corrected chi connectivity index (χ4v) is 1.72. The Bertz CT molecular complexity index is 430. The third-order valence-corrected chi connectivity index (χ3v) is 3.00. The van der Waals surface area contributed by atoms with Gasteiger partial charge in [0.05, 0.1) is 26.9 Å². The highest BCUT2D eigenvalue weighted by atomic mass is 16.5. The molecule has 1 rings (SSSR count). The summed E-state index contributed by atoms with van der Waals surface area (Å²) >= 11 is 0. The molecular weight excluding hydrogens is 260 g/mol. The molecular formula is C15H22O5. The third-order valence-electron chi connectivity index (χ3n) is 3.00. The van der Waals surface area contributed by atoms with E-state index in [1.807, 2.05) is 6.92 Å². The Kier molecular flexibility index (Phi) is 6.87. The minimum Gasteiger partial charge on any atom is -0.496 e. The molecule has 1 atom stereocenters. The van der Waals surface area contributed by atoms with Crippen molar-refractivity contribution in [1.82, 2.24) is 0 Å². The van der Waals surface area contributed by atoms with Gasteiger partial charge >= 0.3 is 5.97 Å². The van der Waals surface area contributed by atoms with Crippen LogP contribution in [0.4, 0.5) is 0 Å². The molecule has 0 aliphatic rings. The van der Waals surface area contributed by atoms with E-state index in [0.29, 0.717) is 23.7 Å². The van der Waals surface area contributed by atoms with Gasteiger partial charge < -0.3 is 18.9 Å². The molecule has 0 heterocycles. The molecule has 0 fully saturated rings. The first-order valence-corrected chi connectivity index (χ1v) is 6.54. The highest BCUT2D eigenvalue weighted by Gasteiger charge is 2.13. The number of esters is 1. The molecule has 0 aromatic heterocycles. The summed E-state index contributed by atoms with van der Waals surface area (Å²) in [6, 6.07) is 5.05. The molecule has 5 heteroatoms. The molecule has 1 aromatic rings. The van der Waals surface area contributed by atoms with Crippen molar-refractivity contribution in [2.75, 3.05) is 27.9 Å². The maximum absolute atomic E-state index is 11.5. The van der Waals surface area contributed by atoms with Crippen LogP contribution < -0.4 is 9.47 Å². The van der Waals surface area contributed by atoms with E-state index in [2.05, 4.69) is 4.74 Å². The third kappa shape index (κ3) is 4.74. The maximum Gasteiger partial charge on any atom is 0.341 e. The Morgan fingerprint density at radius 2 is 2.00 bits per heavy atom. The summed E-state index contributed by atoms with van der Waals surface area (Å²) in [4.78, 5) is 11.5. The first-order valence-electron chi connectivity index (χ1n) is 6.54. The molecule has 0 radical (unpaired) electrons. The van der Waals surface area contributed by atoms with Gasteiger partial charge in [-0.3, -0.25) is 0 Å². The lowest BCUT2D eigenvalue weighted by atomic mass is 10.2. The number of carbonyl (C=O) groups is 1. The smallest absolute Gasteiger partial charge is 0.341 e. The van der Waals surface area contributed by atoms with Crippen molar-refractivity contribution in [3.8, 4) is 11.5 Å². The first kappa shape index (κ1) is 16.3. The summed E-state index contributed by atoms with van der Waals surface area (Å²) in [6.07, 6.45) is 2.07. The number of carbonyl (C=O) groups excluding carboxylic acids is 1. The Labute approximate surface area is 119 Å². The number of hydrogen-bond donors (Lipinski definition) is 0. The quantitative estimate of drug-likeness (QED) is 0.542. The Morgan fingerprint density at radius 3 is 2.60 bits per heavy atom. The van der Waals surface area contributed by atoms with Gasteiger partial charge in [-0.1, -0.05) is 0 Å². The number of rotatable bonds is 8. The SMILES string of the molecule is COC(=O)c1ccc(OCCCC(C)OC)cc1OC. The van der Waals surface area contributed by atoms with Crippen molar-refractivity contribution in [2.45, 2.75) is 25.9 Å². The second kappa shape index (κ2) is 8.43. The van der Waals surface area contributed by atoms with Gasteiger partial charge in [-0.2, -0.15) is 0 Å². The average molecular weight is 282 g/mol. The molecule has 0 saturated heterocycles. The summed E-state index contributed by atoms with van der Waals surface area (Å²) in [5, 5.41) is 0. The van der Waals surface area contributed by atoms with Gasteiger partial charge in [0.25, 0.3) is 0 Å². The molecule has 0 amide bonds. The van der Waals surface area contributed by atoms with Gasteiger partial charge in [0, 0.05) is 13.2 Å². The summed E-state index contributed by atoms with van der Waals surface area (Å²) < 4.78 is 20.6. The summed E-state index contributed by atoms with van der Waals surface area (Å²) in [6.45, 7) is 2.61. The van der Waals surface area contributed by atoms with Gasteiger partial charge in [-0.25, -0.2) is 4.79 Å². The number of benzene rings is 1. The zero-order valence-electron chi connectivity index (χ0n) is 12.5. The fourth-order valence-electron chi connectivity index (χ4n) is 1.72. The van der Waals surface area contributed by atoms with Crippen molar-refractivity contribution in [3.63, 3.8) is 0 Å². The average Bonchev–Trinajstić information content (AvgIpc) is 2.50. The predicted octanol–water partition coefficient (Wildman–Crippen LogP) is 2.68. The van der Waals surface area contributed by atoms with Gasteiger partial charge in [-0.05, 0) is 31.9 Å². The molecule has 0 bridgehead atoms. The minimum absolute atomic E-state index is 0.231. The van der Waals surface area contributed by atoms with Crippen LogP contribution in [0.2, 0.25) is 0 Å². The van der Waals surface area contributed by atoms with E-state index in [1.165, 1.54) is 14.2 Å². The molecule has 112 valence electrons. The topological polar surface area (TPSA) is 54.0 Å². The standard InChI is InChI=1S/C15H22O5/c1-11(17-2)6-5-9-20-12-7-8-13(15(16)19-4)14(10-12)18-3/h7-8,10-11H,5-6,9H2,1-4H3. The van der Waals surface area contributed by atoms with Crippen LogP contribution >= 0.6 is 0 Å². The molecule has 20 heavy (non-hydrogen) atoms. The van der Waals surface area contributed by atoms with E-state index in [1.54, 1.807) is 25.3 Å². The Hall–Kier alpha value is -1.75. The van der Waals surface area contributed by atoms with Crippen molar-refractivity contribution >= 4 is 5.97 Å². The second-order valence-corrected chi connectivity index (χ2v) is 4.39. The van der Waals surface area contributed by atoms with Crippen LogP contribution in [0.5, 0.6) is 11.5 Å². The van der Waals surface area contributed by atoms with Gasteiger partial charge in [-0.15, -0.1) is 0 Å². The summed E-state index contributed by atoms with van der Waals surface area (Å²) in [7, 11) is 4.54. The molecule has 0 N–H and O–H groups in total. The van der Waals surface area contributed by atoms with Gasteiger partial charge in [0.15, 0.2) is 0 Å². The van der Waals surface area contributed by atoms with Crippen LogP contribution in [0.15, 0.2) is 18.2 Å².